The van der Waals surface area contributed by atoms with Gasteiger partial charge in [0.2, 0.25) is 5.88 Å². The maximum absolute atomic E-state index is 13.4. The Morgan fingerprint density at radius 1 is 1.09 bits per heavy atom. The smallest absolute Gasteiger partial charge is 0.264 e. The van der Waals surface area contributed by atoms with Crippen LogP contribution in [0.4, 0.5) is 0 Å². The molecule has 2 aromatic carbocycles. The minimum atomic E-state index is 0.0581. The van der Waals surface area contributed by atoms with Gasteiger partial charge in [-0.15, -0.1) is 11.3 Å². The molecule has 6 nitrogen and oxygen atoms in total. The molecule has 168 valence electrons. The number of ether oxygens (including phenoxy) is 2. The van der Waals surface area contributed by atoms with Gasteiger partial charge in [0.25, 0.3) is 5.91 Å². The number of nitrogens with zero attached hydrogens (tertiary/aromatic N) is 3. The van der Waals surface area contributed by atoms with Gasteiger partial charge in [0.15, 0.2) is 0 Å². The zero-order valence-corrected chi connectivity index (χ0v) is 19.4. The fourth-order valence-corrected chi connectivity index (χ4v) is 4.57. The third-order valence-electron chi connectivity index (χ3n) is 5.70. The lowest BCUT2D eigenvalue weighted by atomic mass is 10.1. The molecule has 1 amide bonds. The van der Waals surface area contributed by atoms with Crippen LogP contribution >= 0.6 is 11.3 Å². The van der Waals surface area contributed by atoms with E-state index in [4.69, 9.17) is 14.6 Å². The van der Waals surface area contributed by atoms with E-state index in [2.05, 4.69) is 0 Å². The Morgan fingerprint density at radius 3 is 2.58 bits per heavy atom. The van der Waals surface area contributed by atoms with Crippen LogP contribution in [-0.2, 0) is 13.6 Å². The molecular formula is C26H25N3O3S. The lowest BCUT2D eigenvalue weighted by molar-refractivity contribution is 0.0734. The summed E-state index contributed by atoms with van der Waals surface area (Å²) in [7, 11) is 3.50. The number of carbonyl (C=O) groups is 1. The number of benzene rings is 2. The monoisotopic (exact) mass is 459 g/mol. The summed E-state index contributed by atoms with van der Waals surface area (Å²) >= 11 is 1.47. The first-order valence-electron chi connectivity index (χ1n) is 10.9. The standard InChI is InChI=1S/C26H25N3O3S/c1-28-26(32-21-11-6-10-20(16-21)31-2)22(24(27-28)18-8-4-3-5-9-18)17-29(19-13-14-19)25(30)23-12-7-15-33-23/h3-12,15-16,19H,13-14,17H2,1-2H3. The van der Waals surface area contributed by atoms with Crippen molar-refractivity contribution in [2.45, 2.75) is 25.4 Å². The molecule has 1 saturated carbocycles. The Bertz CT molecular complexity index is 1250. The Kier molecular flexibility index (Phi) is 5.88. The summed E-state index contributed by atoms with van der Waals surface area (Å²) in [6.45, 7) is 0.429. The highest BCUT2D eigenvalue weighted by Gasteiger charge is 2.35. The van der Waals surface area contributed by atoms with Crippen molar-refractivity contribution in [2.24, 2.45) is 7.05 Å². The number of methoxy groups -OCH3 is 1. The van der Waals surface area contributed by atoms with E-state index in [1.807, 2.05) is 84.1 Å². The number of carbonyl (C=O) groups excluding carboxylic acids is 1. The molecule has 5 rings (SSSR count). The second-order valence-electron chi connectivity index (χ2n) is 8.04. The van der Waals surface area contributed by atoms with Crippen molar-refractivity contribution in [3.8, 4) is 28.6 Å². The average molecular weight is 460 g/mol. The molecule has 0 spiro atoms. The summed E-state index contributed by atoms with van der Waals surface area (Å²) in [5, 5.41) is 6.74. The molecule has 2 heterocycles. The van der Waals surface area contributed by atoms with E-state index in [0.29, 0.717) is 23.9 Å². The van der Waals surface area contributed by atoms with Crippen molar-refractivity contribution in [2.75, 3.05) is 7.11 Å². The van der Waals surface area contributed by atoms with Crippen molar-refractivity contribution in [3.63, 3.8) is 0 Å². The third kappa shape index (κ3) is 4.50. The van der Waals surface area contributed by atoms with Crippen LogP contribution in [0.15, 0.2) is 72.1 Å². The Morgan fingerprint density at radius 2 is 1.88 bits per heavy atom. The quantitative estimate of drug-likeness (QED) is 0.336. The zero-order chi connectivity index (χ0) is 22.8. The van der Waals surface area contributed by atoms with Crippen molar-refractivity contribution in [3.05, 3.63) is 82.6 Å². The highest BCUT2D eigenvalue weighted by Crippen LogP contribution is 2.38. The highest BCUT2D eigenvalue weighted by atomic mass is 32.1. The van der Waals surface area contributed by atoms with Crippen molar-refractivity contribution in [1.82, 2.24) is 14.7 Å². The summed E-state index contributed by atoms with van der Waals surface area (Å²) in [5.74, 6) is 2.04. The van der Waals surface area contributed by atoms with Gasteiger partial charge in [0.1, 0.15) is 17.2 Å². The van der Waals surface area contributed by atoms with Gasteiger partial charge in [0, 0.05) is 24.7 Å². The molecule has 0 saturated heterocycles. The molecule has 1 fully saturated rings. The molecule has 1 aliphatic rings. The van der Waals surface area contributed by atoms with Crippen LogP contribution in [0, 0.1) is 0 Å². The molecule has 7 heteroatoms. The number of aryl methyl sites for hydroxylation is 1. The first-order chi connectivity index (χ1) is 16.1. The van der Waals surface area contributed by atoms with Crippen molar-refractivity contribution >= 4 is 17.2 Å². The molecule has 0 unspecified atom stereocenters. The second-order valence-corrected chi connectivity index (χ2v) is 8.99. The van der Waals surface area contributed by atoms with Crippen molar-refractivity contribution in [1.29, 1.82) is 0 Å². The number of rotatable bonds is 8. The van der Waals surface area contributed by atoms with Gasteiger partial charge in [-0.2, -0.15) is 5.10 Å². The molecule has 2 aromatic heterocycles. The summed E-state index contributed by atoms with van der Waals surface area (Å²) in [4.78, 5) is 16.1. The summed E-state index contributed by atoms with van der Waals surface area (Å²) in [6.07, 6.45) is 2.04. The maximum Gasteiger partial charge on any atom is 0.264 e. The van der Waals surface area contributed by atoms with E-state index in [1.54, 1.807) is 11.8 Å². The van der Waals surface area contributed by atoms with E-state index >= 15 is 0 Å². The lowest BCUT2D eigenvalue weighted by Crippen LogP contribution is -2.32. The summed E-state index contributed by atoms with van der Waals surface area (Å²) < 4.78 is 13.4. The van der Waals surface area contributed by atoms with Gasteiger partial charge in [-0.05, 0) is 36.4 Å². The first-order valence-corrected chi connectivity index (χ1v) is 11.8. The van der Waals surface area contributed by atoms with Crippen LogP contribution in [0.1, 0.15) is 28.1 Å². The molecule has 0 radical (unpaired) electrons. The van der Waals surface area contributed by atoms with E-state index in [9.17, 15) is 4.79 Å². The molecule has 0 atom stereocenters. The van der Waals surface area contributed by atoms with E-state index < -0.39 is 0 Å². The van der Waals surface area contributed by atoms with E-state index in [0.717, 1.165) is 34.5 Å². The number of aromatic nitrogens is 2. The van der Waals surface area contributed by atoms with Gasteiger partial charge in [-0.1, -0.05) is 42.5 Å². The predicted octanol–water partition coefficient (Wildman–Crippen LogP) is 5.75. The minimum Gasteiger partial charge on any atom is -0.497 e. The fourth-order valence-electron chi connectivity index (χ4n) is 3.89. The number of hydrogen-bond acceptors (Lipinski definition) is 5. The largest absolute Gasteiger partial charge is 0.497 e. The lowest BCUT2D eigenvalue weighted by Gasteiger charge is -2.22. The Labute approximate surface area is 197 Å². The predicted molar refractivity (Wildman–Crippen MR) is 129 cm³/mol. The SMILES string of the molecule is COc1cccc(Oc2c(CN(C(=O)c3cccs3)C3CC3)c(-c3ccccc3)nn2C)c1. The number of amides is 1. The van der Waals surface area contributed by atoms with E-state index in [1.165, 1.54) is 11.3 Å². The van der Waals surface area contributed by atoms with Gasteiger partial charge in [-0.3, -0.25) is 4.79 Å². The topological polar surface area (TPSA) is 56.6 Å². The van der Waals surface area contributed by atoms with Crippen LogP contribution < -0.4 is 9.47 Å². The Balaban J connectivity index is 1.56. The summed E-state index contributed by atoms with van der Waals surface area (Å²) in [6, 6.07) is 21.6. The van der Waals surface area contributed by atoms with Crippen LogP contribution in [0.2, 0.25) is 0 Å². The van der Waals surface area contributed by atoms with Gasteiger partial charge >= 0.3 is 0 Å². The van der Waals surface area contributed by atoms with Gasteiger partial charge < -0.3 is 14.4 Å². The molecule has 4 aromatic rings. The van der Waals surface area contributed by atoms with Crippen LogP contribution in [0.25, 0.3) is 11.3 Å². The van der Waals surface area contributed by atoms with E-state index in [-0.39, 0.29) is 11.9 Å². The maximum atomic E-state index is 13.4. The number of hydrogen-bond donors (Lipinski definition) is 0. The Hall–Kier alpha value is -3.58. The van der Waals surface area contributed by atoms with Crippen LogP contribution in [0.5, 0.6) is 17.4 Å². The average Bonchev–Trinajstić information content (AvgIpc) is 3.44. The molecule has 0 aliphatic heterocycles. The normalized spacial score (nSPS) is 13.0. The molecular weight excluding hydrogens is 434 g/mol. The molecule has 1 aliphatic carbocycles. The van der Waals surface area contributed by atoms with Gasteiger partial charge in [-0.25, -0.2) is 4.68 Å². The molecule has 33 heavy (non-hydrogen) atoms. The summed E-state index contributed by atoms with van der Waals surface area (Å²) in [5.41, 5.74) is 2.70. The second kappa shape index (κ2) is 9.11. The highest BCUT2D eigenvalue weighted by molar-refractivity contribution is 7.12. The fraction of sp³-hybridized carbons (Fsp3) is 0.231. The van der Waals surface area contributed by atoms with Crippen LogP contribution in [0.3, 0.4) is 0 Å². The van der Waals surface area contributed by atoms with Gasteiger partial charge in [0.05, 0.1) is 24.1 Å². The molecule has 0 bridgehead atoms. The first kappa shape index (κ1) is 21.3. The number of thiophene rings is 1. The van der Waals surface area contributed by atoms with Crippen LogP contribution in [-0.4, -0.2) is 33.7 Å². The molecule has 0 N–H and O–H groups in total. The third-order valence-corrected chi connectivity index (χ3v) is 6.56. The zero-order valence-electron chi connectivity index (χ0n) is 18.6. The minimum absolute atomic E-state index is 0.0581. The van der Waals surface area contributed by atoms with Crippen molar-refractivity contribution < 1.29 is 14.3 Å².